The monoisotopic (exact) mass is 301 g/mol. The van der Waals surface area contributed by atoms with Crippen LogP contribution in [0.15, 0.2) is 12.1 Å². The largest absolute Gasteiger partial charge is 0.493 e. The zero-order valence-electron chi connectivity index (χ0n) is 11.9. The Morgan fingerprint density at radius 2 is 2.10 bits per heavy atom. The van der Waals surface area contributed by atoms with Gasteiger partial charge in [0.05, 0.1) is 39.6 Å². The Bertz CT molecular complexity index is 469. The van der Waals surface area contributed by atoms with Crippen molar-refractivity contribution in [3.05, 3.63) is 22.7 Å². The average Bonchev–Trinajstić information content (AvgIpc) is 2.84. The van der Waals surface area contributed by atoms with Gasteiger partial charge in [-0.25, -0.2) is 0 Å². The zero-order chi connectivity index (χ0) is 14.7. The molecule has 1 aromatic carbocycles. The van der Waals surface area contributed by atoms with Crippen LogP contribution in [0.5, 0.6) is 11.5 Å². The summed E-state index contributed by atoms with van der Waals surface area (Å²) in [7, 11) is 5.12. The molecule has 1 N–H and O–H groups in total. The molecule has 0 saturated carbocycles. The Kier molecular flexibility index (Phi) is 5.10. The minimum absolute atomic E-state index is 0.0234. The Morgan fingerprint density at radius 1 is 1.35 bits per heavy atom. The molecule has 6 heteroatoms. The van der Waals surface area contributed by atoms with E-state index in [1.165, 1.54) is 0 Å². The molecule has 2 atom stereocenters. The fraction of sp³-hybridized carbons (Fsp3) is 0.571. The summed E-state index contributed by atoms with van der Waals surface area (Å²) >= 11 is 6.10. The van der Waals surface area contributed by atoms with Crippen molar-refractivity contribution in [1.82, 2.24) is 4.90 Å². The van der Waals surface area contributed by atoms with Gasteiger partial charge in [0.15, 0.2) is 11.5 Å². The predicted octanol–water partition coefficient (Wildman–Crippen LogP) is 1.55. The topological polar surface area (TPSA) is 51.2 Å². The molecular weight excluding hydrogens is 282 g/mol. The molecule has 1 saturated heterocycles. The van der Waals surface area contributed by atoms with Crippen LogP contribution in [0.1, 0.15) is 5.56 Å². The van der Waals surface area contributed by atoms with E-state index in [4.69, 9.17) is 25.8 Å². The highest BCUT2D eigenvalue weighted by Crippen LogP contribution is 2.35. The summed E-state index contributed by atoms with van der Waals surface area (Å²) in [6.45, 7) is 1.49. The quantitative estimate of drug-likeness (QED) is 0.894. The van der Waals surface area contributed by atoms with Crippen LogP contribution in [0, 0.1) is 0 Å². The van der Waals surface area contributed by atoms with Crippen molar-refractivity contribution in [2.75, 3.05) is 34.5 Å². The lowest BCUT2D eigenvalue weighted by Gasteiger charge is -2.26. The maximum atomic E-state index is 9.87. The van der Waals surface area contributed by atoms with Gasteiger partial charge in [0.1, 0.15) is 0 Å². The third-order valence-electron chi connectivity index (χ3n) is 3.53. The fourth-order valence-corrected chi connectivity index (χ4v) is 2.69. The molecule has 0 aliphatic carbocycles. The van der Waals surface area contributed by atoms with E-state index in [0.717, 1.165) is 5.56 Å². The van der Waals surface area contributed by atoms with Crippen LogP contribution < -0.4 is 9.47 Å². The maximum absolute atomic E-state index is 9.87. The lowest BCUT2D eigenvalue weighted by Crippen LogP contribution is -2.40. The van der Waals surface area contributed by atoms with Gasteiger partial charge < -0.3 is 19.3 Å². The van der Waals surface area contributed by atoms with Gasteiger partial charge in [0, 0.05) is 23.2 Å². The van der Waals surface area contributed by atoms with Crippen molar-refractivity contribution in [2.24, 2.45) is 0 Å². The molecule has 2 unspecified atom stereocenters. The van der Waals surface area contributed by atoms with E-state index in [1.807, 2.05) is 18.0 Å². The van der Waals surface area contributed by atoms with E-state index in [1.54, 1.807) is 20.3 Å². The molecule has 1 aliphatic heterocycles. The number of halogens is 1. The van der Waals surface area contributed by atoms with E-state index in [9.17, 15) is 5.11 Å². The summed E-state index contributed by atoms with van der Waals surface area (Å²) in [6.07, 6.45) is -0.466. The molecule has 0 radical (unpaired) electrons. The first-order chi connectivity index (χ1) is 9.56. The summed E-state index contributed by atoms with van der Waals surface area (Å²) in [5.41, 5.74) is 0.915. The molecule has 0 amide bonds. The summed E-state index contributed by atoms with van der Waals surface area (Å²) in [4.78, 5) is 2.03. The van der Waals surface area contributed by atoms with Crippen molar-refractivity contribution in [2.45, 2.75) is 18.7 Å². The van der Waals surface area contributed by atoms with Crippen LogP contribution in [0.4, 0.5) is 0 Å². The number of likely N-dealkylation sites (N-methyl/N-ethyl adjacent to an activating group) is 1. The van der Waals surface area contributed by atoms with Crippen LogP contribution in [-0.2, 0) is 11.3 Å². The minimum atomic E-state index is -0.466. The number of aliphatic hydroxyl groups is 1. The molecule has 2 rings (SSSR count). The van der Waals surface area contributed by atoms with E-state index in [-0.39, 0.29) is 6.04 Å². The molecule has 1 aromatic rings. The van der Waals surface area contributed by atoms with Gasteiger partial charge in [-0.15, -0.1) is 0 Å². The number of nitrogens with zero attached hydrogens (tertiary/aromatic N) is 1. The van der Waals surface area contributed by atoms with Crippen molar-refractivity contribution >= 4 is 11.6 Å². The normalized spacial score (nSPS) is 22.3. The molecule has 0 spiro atoms. The van der Waals surface area contributed by atoms with Crippen LogP contribution >= 0.6 is 11.6 Å². The summed E-state index contributed by atoms with van der Waals surface area (Å²) in [5, 5.41) is 10.5. The van der Waals surface area contributed by atoms with Crippen LogP contribution in [0.25, 0.3) is 0 Å². The van der Waals surface area contributed by atoms with Gasteiger partial charge in [0.2, 0.25) is 0 Å². The van der Waals surface area contributed by atoms with Gasteiger partial charge in [-0.2, -0.15) is 0 Å². The first kappa shape index (κ1) is 15.4. The van der Waals surface area contributed by atoms with Crippen molar-refractivity contribution in [1.29, 1.82) is 0 Å². The first-order valence-corrected chi connectivity index (χ1v) is 6.81. The van der Waals surface area contributed by atoms with Crippen LogP contribution in [-0.4, -0.2) is 56.6 Å². The molecular formula is C14H20ClNO4. The Hall–Kier alpha value is -1.01. The number of aliphatic hydroxyl groups excluding tert-OH is 1. The molecule has 0 bridgehead atoms. The molecule has 0 aromatic heterocycles. The lowest BCUT2D eigenvalue weighted by atomic mass is 10.1. The predicted molar refractivity (Wildman–Crippen MR) is 76.6 cm³/mol. The maximum Gasteiger partial charge on any atom is 0.165 e. The molecule has 1 aliphatic rings. The zero-order valence-corrected chi connectivity index (χ0v) is 12.7. The van der Waals surface area contributed by atoms with Gasteiger partial charge in [-0.3, -0.25) is 4.90 Å². The second kappa shape index (κ2) is 6.63. The molecule has 112 valence electrons. The summed E-state index contributed by atoms with van der Waals surface area (Å²) in [5.74, 6) is 1.27. The third kappa shape index (κ3) is 3.17. The second-order valence-corrected chi connectivity index (χ2v) is 5.32. The number of methoxy groups -OCH3 is 2. The Morgan fingerprint density at radius 3 is 2.65 bits per heavy atom. The number of rotatable bonds is 5. The van der Waals surface area contributed by atoms with Crippen LogP contribution in [0.3, 0.4) is 0 Å². The van der Waals surface area contributed by atoms with Crippen molar-refractivity contribution in [3.63, 3.8) is 0 Å². The summed E-state index contributed by atoms with van der Waals surface area (Å²) < 4.78 is 16.0. The van der Waals surface area contributed by atoms with Gasteiger partial charge in [-0.05, 0) is 13.1 Å². The Balaban J connectivity index is 2.21. The second-order valence-electron chi connectivity index (χ2n) is 4.89. The highest BCUT2D eigenvalue weighted by molar-refractivity contribution is 6.30. The van der Waals surface area contributed by atoms with E-state index in [0.29, 0.717) is 36.3 Å². The smallest absolute Gasteiger partial charge is 0.165 e. The molecule has 20 heavy (non-hydrogen) atoms. The first-order valence-electron chi connectivity index (χ1n) is 6.43. The summed E-state index contributed by atoms with van der Waals surface area (Å²) in [6, 6.07) is 3.55. The van der Waals surface area contributed by atoms with Crippen LogP contribution in [0.2, 0.25) is 5.02 Å². The van der Waals surface area contributed by atoms with E-state index >= 15 is 0 Å². The van der Waals surface area contributed by atoms with E-state index in [2.05, 4.69) is 0 Å². The average molecular weight is 302 g/mol. The number of hydrogen-bond acceptors (Lipinski definition) is 5. The highest BCUT2D eigenvalue weighted by Gasteiger charge is 2.30. The number of hydrogen-bond donors (Lipinski definition) is 1. The van der Waals surface area contributed by atoms with Gasteiger partial charge in [0.25, 0.3) is 0 Å². The molecule has 1 heterocycles. The highest BCUT2D eigenvalue weighted by atomic mass is 35.5. The Labute approximate surface area is 124 Å². The van der Waals surface area contributed by atoms with Gasteiger partial charge >= 0.3 is 0 Å². The molecule has 1 fully saturated rings. The third-order valence-corrected chi connectivity index (χ3v) is 3.75. The lowest BCUT2D eigenvalue weighted by molar-refractivity contribution is 0.0921. The van der Waals surface area contributed by atoms with Gasteiger partial charge in [-0.1, -0.05) is 11.6 Å². The van der Waals surface area contributed by atoms with Crippen molar-refractivity contribution in [3.8, 4) is 11.5 Å². The SMILES string of the molecule is COc1cc(Cl)cc(CN(C)C2COCC2O)c1OC. The minimum Gasteiger partial charge on any atom is -0.493 e. The number of ether oxygens (including phenoxy) is 3. The standard InChI is InChI=1S/C14H20ClNO4/c1-16(11-7-20-8-12(11)17)6-9-4-10(15)5-13(18-2)14(9)19-3/h4-5,11-12,17H,6-8H2,1-3H3. The van der Waals surface area contributed by atoms with Crippen molar-refractivity contribution < 1.29 is 19.3 Å². The fourth-order valence-electron chi connectivity index (χ4n) is 2.46. The number of benzene rings is 1. The molecule has 5 nitrogen and oxygen atoms in total. The van der Waals surface area contributed by atoms with E-state index < -0.39 is 6.10 Å².